The van der Waals surface area contributed by atoms with Crippen molar-refractivity contribution in [3.63, 3.8) is 0 Å². The van der Waals surface area contributed by atoms with Crippen molar-refractivity contribution in [2.75, 3.05) is 0 Å². The second-order valence-electron chi connectivity index (χ2n) is 5.24. The molecule has 0 saturated heterocycles. The van der Waals surface area contributed by atoms with Crippen molar-refractivity contribution in [3.8, 4) is 11.5 Å². The van der Waals surface area contributed by atoms with Gasteiger partial charge in [0.25, 0.3) is 11.6 Å². The van der Waals surface area contributed by atoms with Gasteiger partial charge in [-0.15, -0.1) is 0 Å². The number of benzene rings is 1. The van der Waals surface area contributed by atoms with Crippen LogP contribution in [-0.2, 0) is 13.0 Å². The summed E-state index contributed by atoms with van der Waals surface area (Å²) >= 11 is 0. The summed E-state index contributed by atoms with van der Waals surface area (Å²) in [6.45, 7) is 0.982. The first kappa shape index (κ1) is 9.50. The molecule has 0 atom stereocenters. The Balaban J connectivity index is 1.81. The number of hydrogen-bond acceptors (Lipinski definition) is 0. The van der Waals surface area contributed by atoms with Crippen molar-refractivity contribution in [1.29, 1.82) is 0 Å². The fourth-order valence-corrected chi connectivity index (χ4v) is 3.38. The van der Waals surface area contributed by atoms with E-state index in [1.807, 2.05) is 0 Å². The quantitative estimate of drug-likeness (QED) is 0.396. The van der Waals surface area contributed by atoms with Gasteiger partial charge in [0.15, 0.2) is 12.2 Å². The van der Waals surface area contributed by atoms with Gasteiger partial charge in [-0.05, 0) is 24.3 Å². The van der Waals surface area contributed by atoms with Crippen LogP contribution in [-0.4, -0.2) is 4.57 Å². The maximum Gasteiger partial charge on any atom is 0.293 e. The van der Waals surface area contributed by atoms with E-state index in [1.165, 1.54) is 28.6 Å². The predicted molar refractivity (Wildman–Crippen MR) is 69.4 cm³/mol. The van der Waals surface area contributed by atoms with Gasteiger partial charge in [-0.2, -0.15) is 9.13 Å². The lowest BCUT2D eigenvalue weighted by atomic mass is 10.2. The molecule has 2 aliphatic heterocycles. The molecule has 90 valence electrons. The molecular formula is C16H13N3+2. The third-order valence-electron chi connectivity index (χ3n) is 4.15. The maximum atomic E-state index is 2.42. The van der Waals surface area contributed by atoms with Crippen LogP contribution in [0.3, 0.4) is 0 Å². The summed E-state index contributed by atoms with van der Waals surface area (Å²) in [5, 5.41) is 0. The smallest absolute Gasteiger partial charge is 0.225 e. The molecule has 0 saturated carbocycles. The monoisotopic (exact) mass is 247 g/mol. The van der Waals surface area contributed by atoms with Crippen molar-refractivity contribution in [1.82, 2.24) is 4.57 Å². The molecule has 2 aromatic heterocycles. The zero-order valence-electron chi connectivity index (χ0n) is 10.5. The normalized spacial score (nSPS) is 13.9. The van der Waals surface area contributed by atoms with Crippen molar-refractivity contribution in [3.05, 3.63) is 71.9 Å². The molecule has 1 aromatic carbocycles. The average Bonchev–Trinajstić information content (AvgIpc) is 3.09. The first-order valence-corrected chi connectivity index (χ1v) is 6.64. The van der Waals surface area contributed by atoms with E-state index in [0.29, 0.717) is 0 Å². The van der Waals surface area contributed by atoms with Crippen LogP contribution in [0.2, 0.25) is 0 Å². The Morgan fingerprint density at radius 3 is 2.79 bits per heavy atom. The molecule has 2 aliphatic rings. The van der Waals surface area contributed by atoms with E-state index in [2.05, 4.69) is 68.6 Å². The maximum absolute atomic E-state index is 2.42. The predicted octanol–water partition coefficient (Wildman–Crippen LogP) is 1.31. The van der Waals surface area contributed by atoms with Gasteiger partial charge in [0, 0.05) is 0 Å². The Hall–Kier alpha value is -2.42. The largest absolute Gasteiger partial charge is 0.293 e. The molecule has 3 heteroatoms. The molecule has 0 fully saturated rings. The van der Waals surface area contributed by atoms with Crippen LogP contribution in [0.5, 0.6) is 0 Å². The van der Waals surface area contributed by atoms with Gasteiger partial charge in [0.05, 0.1) is 18.2 Å². The topological polar surface area (TPSA) is 12.7 Å². The van der Waals surface area contributed by atoms with Gasteiger partial charge >= 0.3 is 0 Å². The molecule has 3 aromatic rings. The highest BCUT2D eigenvalue weighted by molar-refractivity contribution is 5.42. The molecule has 5 rings (SSSR count). The molecule has 0 aliphatic carbocycles. The highest BCUT2D eigenvalue weighted by atomic mass is 15.3. The third kappa shape index (κ3) is 1.08. The lowest BCUT2D eigenvalue weighted by Crippen LogP contribution is -2.35. The van der Waals surface area contributed by atoms with Crippen molar-refractivity contribution < 1.29 is 9.13 Å². The Bertz CT molecular complexity index is 816. The highest BCUT2D eigenvalue weighted by Crippen LogP contribution is 2.29. The zero-order valence-corrected chi connectivity index (χ0v) is 10.5. The van der Waals surface area contributed by atoms with Crippen molar-refractivity contribution >= 4 is 0 Å². The van der Waals surface area contributed by atoms with Crippen LogP contribution in [0.25, 0.3) is 11.5 Å². The summed E-state index contributed by atoms with van der Waals surface area (Å²) in [6.07, 6.45) is 5.47. The minimum atomic E-state index is 0.982. The van der Waals surface area contributed by atoms with Crippen LogP contribution in [0, 0.1) is 0 Å². The minimum Gasteiger partial charge on any atom is -0.225 e. The number of para-hydroxylation sites is 1. The van der Waals surface area contributed by atoms with Gasteiger partial charge in [-0.3, -0.25) is 0 Å². The SMILES string of the molecule is c1ccc(-[n+]2cc3n4c2Cc2ccc[n+](c2-4)C3)cc1. The molecule has 0 spiro atoms. The number of rotatable bonds is 1. The average molecular weight is 247 g/mol. The number of hydrogen-bond donors (Lipinski definition) is 0. The van der Waals surface area contributed by atoms with Crippen LogP contribution in [0.15, 0.2) is 54.9 Å². The van der Waals surface area contributed by atoms with Crippen molar-refractivity contribution in [2.24, 2.45) is 0 Å². The molecule has 0 unspecified atom stereocenters. The van der Waals surface area contributed by atoms with Gasteiger partial charge in [0.1, 0.15) is 11.9 Å². The molecule has 0 N–H and O–H groups in total. The number of nitrogens with zero attached hydrogens (tertiary/aromatic N) is 3. The second kappa shape index (κ2) is 3.12. The van der Waals surface area contributed by atoms with Crippen molar-refractivity contribution in [2.45, 2.75) is 13.0 Å². The summed E-state index contributed by atoms with van der Waals surface area (Å²) in [4.78, 5) is 0. The van der Waals surface area contributed by atoms with E-state index in [0.717, 1.165) is 13.0 Å². The standard InChI is InChI=1S/C16H13N3/c1-2-6-13(7-3-1)18-11-14-10-17-8-4-5-12-9-15(18)19(14)16(12)17/h1-8,11H,9-10H2/q+2. The van der Waals surface area contributed by atoms with E-state index in [4.69, 9.17) is 0 Å². The first-order chi connectivity index (χ1) is 9.42. The fourth-order valence-electron chi connectivity index (χ4n) is 3.38. The summed E-state index contributed by atoms with van der Waals surface area (Å²) in [6, 6.07) is 15.0. The number of imidazole rings is 1. The molecule has 19 heavy (non-hydrogen) atoms. The molecule has 4 heterocycles. The summed E-state index contributed by atoms with van der Waals surface area (Å²) < 4.78 is 7.09. The van der Waals surface area contributed by atoms with Gasteiger partial charge in [-0.1, -0.05) is 18.2 Å². The number of pyridine rings is 1. The minimum absolute atomic E-state index is 0.982. The van der Waals surface area contributed by atoms with Gasteiger partial charge in [0.2, 0.25) is 0 Å². The van der Waals surface area contributed by atoms with Gasteiger partial charge in [-0.25, -0.2) is 4.57 Å². The van der Waals surface area contributed by atoms with E-state index >= 15 is 0 Å². The lowest BCUT2D eigenvalue weighted by molar-refractivity contribution is -0.677. The van der Waals surface area contributed by atoms with Crippen LogP contribution >= 0.6 is 0 Å². The number of aromatic nitrogens is 3. The fraction of sp³-hybridized carbons (Fsp3) is 0.125. The van der Waals surface area contributed by atoms with Crippen LogP contribution in [0.1, 0.15) is 17.1 Å². The molecule has 0 amide bonds. The van der Waals surface area contributed by atoms with E-state index in [9.17, 15) is 0 Å². The van der Waals surface area contributed by atoms with E-state index in [1.54, 1.807) is 0 Å². The lowest BCUT2D eigenvalue weighted by Gasteiger charge is -1.97. The van der Waals surface area contributed by atoms with Gasteiger partial charge < -0.3 is 0 Å². The third-order valence-corrected chi connectivity index (χ3v) is 4.15. The zero-order chi connectivity index (χ0) is 12.4. The summed E-state index contributed by atoms with van der Waals surface area (Å²) in [5.74, 6) is 2.73. The Kier molecular flexibility index (Phi) is 1.56. The molecule has 0 bridgehead atoms. The Labute approximate surface area is 111 Å². The Morgan fingerprint density at radius 2 is 1.89 bits per heavy atom. The van der Waals surface area contributed by atoms with E-state index in [-0.39, 0.29) is 0 Å². The van der Waals surface area contributed by atoms with E-state index < -0.39 is 0 Å². The molecule has 3 nitrogen and oxygen atoms in total. The summed E-state index contributed by atoms with van der Waals surface area (Å²) in [7, 11) is 0. The molecule has 0 radical (unpaired) electrons. The molecular weight excluding hydrogens is 234 g/mol. The second-order valence-corrected chi connectivity index (χ2v) is 5.24. The summed E-state index contributed by atoms with van der Waals surface area (Å²) in [5.41, 5.74) is 4.06. The van der Waals surface area contributed by atoms with Crippen LogP contribution < -0.4 is 9.13 Å². The first-order valence-electron chi connectivity index (χ1n) is 6.64. The highest BCUT2D eigenvalue weighted by Gasteiger charge is 2.42. The Morgan fingerprint density at radius 1 is 1.00 bits per heavy atom. The van der Waals surface area contributed by atoms with Crippen LogP contribution in [0.4, 0.5) is 0 Å².